The summed E-state index contributed by atoms with van der Waals surface area (Å²) in [5.41, 5.74) is -1.53. The first-order valence-electron chi connectivity index (χ1n) is 4.56. The zero-order valence-corrected chi connectivity index (χ0v) is 10.6. The molecule has 0 aliphatic carbocycles. The molecule has 0 radical (unpaired) electrons. The van der Waals surface area contributed by atoms with E-state index in [1.165, 1.54) is 0 Å². The minimum absolute atomic E-state index is 0.113. The van der Waals surface area contributed by atoms with Gasteiger partial charge in [0.15, 0.2) is 0 Å². The number of hydrogen-bond donors (Lipinski definition) is 1. The number of alkyl halides is 3. The molecule has 0 saturated carbocycles. The van der Waals surface area contributed by atoms with Gasteiger partial charge in [-0.25, -0.2) is 0 Å². The third kappa shape index (κ3) is 3.71. The van der Waals surface area contributed by atoms with Crippen LogP contribution in [0.5, 0.6) is 0 Å². The number of nitro groups is 1. The maximum atomic E-state index is 12.4. The van der Waals surface area contributed by atoms with E-state index in [-0.39, 0.29) is 6.61 Å². The summed E-state index contributed by atoms with van der Waals surface area (Å²) in [5.74, 6) is 0. The summed E-state index contributed by atoms with van der Waals surface area (Å²) in [7, 11) is 0. The molecule has 1 N–H and O–H groups in total. The van der Waals surface area contributed by atoms with Crippen LogP contribution in [0, 0.1) is 10.1 Å². The molecular formula is C9H9AsF3NO3. The van der Waals surface area contributed by atoms with Gasteiger partial charge in [-0.05, 0) is 0 Å². The molecule has 0 fully saturated rings. The molecule has 1 aromatic rings. The number of rotatable bonds is 4. The number of nitro benzene ring substituents is 1. The molecule has 1 aromatic carbocycles. The number of aliphatic hydroxyl groups is 1. The summed E-state index contributed by atoms with van der Waals surface area (Å²) in [6.45, 7) is -0.113. The Hall–Kier alpha value is -1.07. The van der Waals surface area contributed by atoms with Gasteiger partial charge in [0, 0.05) is 0 Å². The molecule has 0 aromatic heterocycles. The molecule has 0 aliphatic heterocycles. The number of nitrogens with zero attached hydrogens (tertiary/aromatic N) is 1. The van der Waals surface area contributed by atoms with Crippen molar-refractivity contribution in [3.8, 4) is 0 Å². The number of aliphatic hydroxyl groups excluding tert-OH is 1. The number of hydrogen-bond acceptors (Lipinski definition) is 3. The predicted octanol–water partition coefficient (Wildman–Crippen LogP) is 1.09. The van der Waals surface area contributed by atoms with E-state index in [0.29, 0.717) is 15.6 Å². The van der Waals surface area contributed by atoms with E-state index in [1.807, 2.05) is 0 Å². The van der Waals surface area contributed by atoms with Crippen LogP contribution in [0.4, 0.5) is 18.9 Å². The van der Waals surface area contributed by atoms with Crippen LogP contribution in [0.25, 0.3) is 0 Å². The molecular weight excluding hydrogens is 302 g/mol. The molecule has 0 aliphatic rings. The van der Waals surface area contributed by atoms with Gasteiger partial charge in [-0.15, -0.1) is 0 Å². The molecule has 0 bridgehead atoms. The first-order chi connectivity index (χ1) is 7.86. The van der Waals surface area contributed by atoms with Crippen molar-refractivity contribution in [2.45, 2.75) is 11.4 Å². The van der Waals surface area contributed by atoms with Gasteiger partial charge >= 0.3 is 101 Å². The molecule has 0 amide bonds. The first kappa shape index (κ1) is 14.0. The second kappa shape index (κ2) is 5.51. The molecule has 17 heavy (non-hydrogen) atoms. The van der Waals surface area contributed by atoms with Gasteiger partial charge in [0.05, 0.1) is 0 Å². The van der Waals surface area contributed by atoms with Crippen molar-refractivity contribution in [2.24, 2.45) is 0 Å². The molecule has 0 saturated heterocycles. The SMILES string of the molecule is O=[N+]([O-])c1cc(C(F)(F)F)ccc1[AsH]CCO. The van der Waals surface area contributed by atoms with Crippen molar-refractivity contribution >= 4 is 25.8 Å². The van der Waals surface area contributed by atoms with Gasteiger partial charge in [0.1, 0.15) is 0 Å². The van der Waals surface area contributed by atoms with Crippen molar-refractivity contribution in [2.75, 3.05) is 6.61 Å². The van der Waals surface area contributed by atoms with Crippen molar-refractivity contribution in [1.29, 1.82) is 0 Å². The third-order valence-corrected chi connectivity index (χ3v) is 4.63. The van der Waals surface area contributed by atoms with E-state index >= 15 is 0 Å². The Morgan fingerprint density at radius 3 is 2.53 bits per heavy atom. The van der Waals surface area contributed by atoms with Crippen molar-refractivity contribution in [3.05, 3.63) is 33.9 Å². The quantitative estimate of drug-likeness (QED) is 0.514. The summed E-state index contributed by atoms with van der Waals surface area (Å²) in [6, 6.07) is 2.52. The van der Waals surface area contributed by atoms with E-state index in [9.17, 15) is 23.3 Å². The van der Waals surface area contributed by atoms with Crippen LogP contribution in [0.3, 0.4) is 0 Å². The van der Waals surface area contributed by atoms with Gasteiger partial charge in [-0.2, -0.15) is 0 Å². The number of halogens is 3. The Labute approximate surface area is 101 Å². The molecule has 0 heterocycles. The van der Waals surface area contributed by atoms with Crippen molar-refractivity contribution in [1.82, 2.24) is 0 Å². The fraction of sp³-hybridized carbons (Fsp3) is 0.333. The summed E-state index contributed by atoms with van der Waals surface area (Å²) in [6.07, 6.45) is -4.58. The standard InChI is InChI=1S/C9H9AsF3NO3/c11-9(12,13)6-1-2-7(10-3-4-15)8(5-6)14(16)17/h1-2,5,10,15H,3-4H2. The second-order valence-electron chi connectivity index (χ2n) is 3.14. The molecule has 0 spiro atoms. The van der Waals surface area contributed by atoms with Crippen molar-refractivity contribution in [3.63, 3.8) is 0 Å². The molecule has 1 rings (SSSR count). The third-order valence-electron chi connectivity index (χ3n) is 1.95. The van der Waals surface area contributed by atoms with Crippen LogP contribution in [-0.4, -0.2) is 32.4 Å². The Balaban J connectivity index is 3.13. The van der Waals surface area contributed by atoms with Crippen LogP contribution in [0.15, 0.2) is 18.2 Å². The van der Waals surface area contributed by atoms with E-state index < -0.39 is 38.1 Å². The average Bonchev–Trinajstić information content (AvgIpc) is 2.24. The topological polar surface area (TPSA) is 63.4 Å². The Bertz CT molecular complexity index is 422. The first-order valence-corrected chi connectivity index (χ1v) is 7.10. The Morgan fingerprint density at radius 2 is 2.06 bits per heavy atom. The number of benzene rings is 1. The van der Waals surface area contributed by atoms with Gasteiger partial charge < -0.3 is 0 Å². The predicted molar refractivity (Wildman–Crippen MR) is 56.8 cm³/mol. The van der Waals surface area contributed by atoms with Gasteiger partial charge in [-0.1, -0.05) is 0 Å². The zero-order valence-electron chi connectivity index (χ0n) is 8.49. The van der Waals surface area contributed by atoms with E-state index in [4.69, 9.17) is 5.11 Å². The van der Waals surface area contributed by atoms with Crippen LogP contribution in [0.1, 0.15) is 5.56 Å². The monoisotopic (exact) mass is 311 g/mol. The molecule has 8 heteroatoms. The normalized spacial score (nSPS) is 12.2. The molecule has 4 nitrogen and oxygen atoms in total. The second-order valence-corrected chi connectivity index (χ2v) is 6.06. The van der Waals surface area contributed by atoms with Gasteiger partial charge in [0.25, 0.3) is 0 Å². The fourth-order valence-electron chi connectivity index (χ4n) is 1.20. The molecule has 1 unspecified atom stereocenters. The zero-order chi connectivity index (χ0) is 13.1. The van der Waals surface area contributed by atoms with Crippen molar-refractivity contribution < 1.29 is 23.2 Å². The molecule has 94 valence electrons. The Kier molecular flexibility index (Phi) is 4.53. The van der Waals surface area contributed by atoms with Gasteiger partial charge in [0.2, 0.25) is 0 Å². The summed E-state index contributed by atoms with van der Waals surface area (Å²) >= 11 is -0.975. The van der Waals surface area contributed by atoms with E-state index in [2.05, 4.69) is 0 Å². The van der Waals surface area contributed by atoms with Crippen LogP contribution >= 0.6 is 0 Å². The van der Waals surface area contributed by atoms with Crippen LogP contribution < -0.4 is 4.35 Å². The average molecular weight is 311 g/mol. The Morgan fingerprint density at radius 1 is 1.41 bits per heavy atom. The summed E-state index contributed by atoms with van der Waals surface area (Å²) < 4.78 is 37.4. The van der Waals surface area contributed by atoms with E-state index in [0.717, 1.165) is 12.1 Å². The fourth-order valence-corrected chi connectivity index (χ4v) is 3.14. The molecule has 1 atom stereocenters. The summed E-state index contributed by atoms with van der Waals surface area (Å²) in [4.78, 5) is 9.85. The van der Waals surface area contributed by atoms with Crippen LogP contribution in [0.2, 0.25) is 5.21 Å². The van der Waals surface area contributed by atoms with Crippen LogP contribution in [-0.2, 0) is 6.18 Å². The minimum atomic E-state index is -4.58. The summed E-state index contributed by atoms with van der Waals surface area (Å²) in [5, 5.41) is 19.7. The maximum absolute atomic E-state index is 12.4. The van der Waals surface area contributed by atoms with E-state index in [1.54, 1.807) is 0 Å². The van der Waals surface area contributed by atoms with Gasteiger partial charge in [-0.3, -0.25) is 0 Å².